The number of hydrogen-bond acceptors (Lipinski definition) is 3. The van der Waals surface area contributed by atoms with E-state index in [2.05, 4.69) is 42.3 Å². The Bertz CT molecular complexity index is 670. The lowest BCUT2D eigenvalue weighted by molar-refractivity contribution is 0.942. The van der Waals surface area contributed by atoms with Crippen LogP contribution >= 0.6 is 11.8 Å². The number of nitrogens with zero attached hydrogens (tertiary/aromatic N) is 2. The Kier molecular flexibility index (Phi) is 5.59. The molecule has 0 fully saturated rings. The molecule has 0 saturated carbocycles. The van der Waals surface area contributed by atoms with E-state index in [4.69, 9.17) is 0 Å². The molecule has 0 N–H and O–H groups in total. The molecule has 1 aromatic carbocycles. The third kappa shape index (κ3) is 4.21. The van der Waals surface area contributed by atoms with Gasteiger partial charge in [-0.1, -0.05) is 49.4 Å². The predicted octanol–water partition coefficient (Wildman–Crippen LogP) is 4.63. The van der Waals surface area contributed by atoms with Crippen molar-refractivity contribution >= 4 is 17.8 Å². The van der Waals surface area contributed by atoms with Crippen LogP contribution in [-0.4, -0.2) is 10.7 Å². The maximum Gasteiger partial charge on any atom is 0.114 e. The van der Waals surface area contributed by atoms with E-state index in [-0.39, 0.29) is 0 Å². The van der Waals surface area contributed by atoms with Gasteiger partial charge in [0, 0.05) is 11.4 Å². The van der Waals surface area contributed by atoms with Gasteiger partial charge < -0.3 is 0 Å². The van der Waals surface area contributed by atoms with Crippen molar-refractivity contribution in [3.05, 3.63) is 64.9 Å². The fourth-order valence-electron chi connectivity index (χ4n) is 2.06. The zero-order valence-electron chi connectivity index (χ0n) is 12.3. The maximum absolute atomic E-state index is 9.22. The summed E-state index contributed by atoms with van der Waals surface area (Å²) in [6.07, 6.45) is 5.09. The third-order valence-corrected chi connectivity index (χ3v) is 4.11. The summed E-state index contributed by atoms with van der Waals surface area (Å²) in [6.45, 7) is 4.10. The Hall–Kier alpha value is -2.05. The lowest BCUT2D eigenvalue weighted by Gasteiger charge is -2.07. The largest absolute Gasteiger partial charge is 0.245 e. The molecule has 21 heavy (non-hydrogen) atoms. The number of aryl methyl sites for hydroxylation is 2. The van der Waals surface area contributed by atoms with Crippen molar-refractivity contribution in [3.63, 3.8) is 0 Å². The summed E-state index contributed by atoms with van der Waals surface area (Å²) >= 11 is 1.61. The fourth-order valence-corrected chi connectivity index (χ4v) is 2.84. The van der Waals surface area contributed by atoms with Crippen molar-refractivity contribution in [2.24, 2.45) is 0 Å². The summed E-state index contributed by atoms with van der Waals surface area (Å²) in [5.74, 6) is 0.808. The molecule has 2 nitrogen and oxygen atoms in total. The number of hydrogen-bond donors (Lipinski definition) is 0. The number of aromatic nitrogens is 1. The van der Waals surface area contributed by atoms with Crippen LogP contribution in [0.5, 0.6) is 0 Å². The van der Waals surface area contributed by atoms with Crippen molar-refractivity contribution in [1.29, 1.82) is 5.26 Å². The van der Waals surface area contributed by atoms with Crippen LogP contribution in [0.15, 0.2) is 47.5 Å². The zero-order valence-corrected chi connectivity index (χ0v) is 13.2. The predicted molar refractivity (Wildman–Crippen MR) is 89.3 cm³/mol. The number of pyridine rings is 1. The Morgan fingerprint density at radius 3 is 2.71 bits per heavy atom. The highest BCUT2D eigenvalue weighted by Gasteiger charge is 2.08. The smallest absolute Gasteiger partial charge is 0.114 e. The average Bonchev–Trinajstić information content (AvgIpc) is 2.53. The van der Waals surface area contributed by atoms with Crippen molar-refractivity contribution in [2.75, 3.05) is 5.75 Å². The SMILES string of the molecule is CCc1nc(SC/C=C/c2ccccc2)c(C#N)cc1C. The first-order valence-corrected chi connectivity index (χ1v) is 7.98. The minimum atomic E-state index is 0.669. The second kappa shape index (κ2) is 7.66. The molecule has 1 aromatic heterocycles. The van der Waals surface area contributed by atoms with Crippen LogP contribution < -0.4 is 0 Å². The fraction of sp³-hybridized carbons (Fsp3) is 0.222. The standard InChI is InChI=1S/C18H18N2S/c1-3-17-14(2)12-16(13-19)18(20-17)21-11-7-10-15-8-5-4-6-9-15/h4-10,12H,3,11H2,1-2H3/b10-7+. The topological polar surface area (TPSA) is 36.7 Å². The maximum atomic E-state index is 9.22. The molecule has 0 aliphatic carbocycles. The second-order valence-corrected chi connectivity index (χ2v) is 5.70. The van der Waals surface area contributed by atoms with Crippen molar-refractivity contribution in [1.82, 2.24) is 4.98 Å². The van der Waals surface area contributed by atoms with Gasteiger partial charge in [0.25, 0.3) is 0 Å². The molecule has 0 atom stereocenters. The Balaban J connectivity index is 2.06. The van der Waals surface area contributed by atoms with Crippen LogP contribution in [0.2, 0.25) is 0 Å². The molecule has 106 valence electrons. The monoisotopic (exact) mass is 294 g/mol. The van der Waals surface area contributed by atoms with Crippen molar-refractivity contribution < 1.29 is 0 Å². The Morgan fingerprint density at radius 2 is 2.05 bits per heavy atom. The first-order valence-electron chi connectivity index (χ1n) is 6.99. The van der Waals surface area contributed by atoms with Crippen molar-refractivity contribution in [3.8, 4) is 6.07 Å². The molecule has 0 amide bonds. The zero-order chi connectivity index (χ0) is 15.1. The van der Waals surface area contributed by atoms with Gasteiger partial charge in [0.15, 0.2) is 0 Å². The average molecular weight is 294 g/mol. The summed E-state index contributed by atoms with van der Waals surface area (Å²) in [7, 11) is 0. The molecule has 0 aliphatic heterocycles. The summed E-state index contributed by atoms with van der Waals surface area (Å²) in [6, 6.07) is 14.4. The molecule has 3 heteroatoms. The normalized spacial score (nSPS) is 10.7. The van der Waals surface area contributed by atoms with Crippen LogP contribution in [0, 0.1) is 18.3 Å². The molecular weight excluding hydrogens is 276 g/mol. The summed E-state index contributed by atoms with van der Waals surface area (Å²) in [5.41, 5.74) is 4.02. The van der Waals surface area contributed by atoms with Gasteiger partial charge in [0.1, 0.15) is 11.1 Å². The summed E-state index contributed by atoms with van der Waals surface area (Å²) in [4.78, 5) is 4.61. The summed E-state index contributed by atoms with van der Waals surface area (Å²) < 4.78 is 0. The van der Waals surface area contributed by atoms with Gasteiger partial charge in [-0.15, -0.1) is 11.8 Å². The Labute approximate surface area is 130 Å². The van der Waals surface area contributed by atoms with Gasteiger partial charge in [-0.25, -0.2) is 4.98 Å². The minimum Gasteiger partial charge on any atom is -0.245 e. The molecule has 2 aromatic rings. The van der Waals surface area contributed by atoms with Gasteiger partial charge >= 0.3 is 0 Å². The van der Waals surface area contributed by atoms with Gasteiger partial charge in [-0.2, -0.15) is 5.26 Å². The van der Waals surface area contributed by atoms with E-state index in [9.17, 15) is 5.26 Å². The number of nitriles is 1. The molecule has 0 bridgehead atoms. The molecule has 0 spiro atoms. The highest BCUT2D eigenvalue weighted by molar-refractivity contribution is 7.99. The van der Waals surface area contributed by atoms with Crippen LogP contribution in [-0.2, 0) is 6.42 Å². The van der Waals surface area contributed by atoms with Crippen molar-refractivity contribution in [2.45, 2.75) is 25.3 Å². The number of thioether (sulfide) groups is 1. The number of rotatable bonds is 5. The van der Waals surface area contributed by atoms with E-state index in [0.29, 0.717) is 5.56 Å². The molecule has 0 saturated heterocycles. The quantitative estimate of drug-likeness (QED) is 0.754. The molecule has 0 radical (unpaired) electrons. The molecular formula is C18H18N2S. The number of benzene rings is 1. The lowest BCUT2D eigenvalue weighted by atomic mass is 10.1. The molecule has 1 heterocycles. The van der Waals surface area contributed by atoms with Gasteiger partial charge in [0.05, 0.1) is 5.56 Å². The summed E-state index contributed by atoms with van der Waals surface area (Å²) in [5, 5.41) is 10.1. The molecule has 0 unspecified atom stereocenters. The van der Waals surface area contributed by atoms with Crippen LogP contribution in [0.1, 0.15) is 29.3 Å². The minimum absolute atomic E-state index is 0.669. The van der Waals surface area contributed by atoms with Crippen LogP contribution in [0.3, 0.4) is 0 Å². The van der Waals surface area contributed by atoms with Gasteiger partial charge in [-0.05, 0) is 30.5 Å². The Morgan fingerprint density at radius 1 is 1.29 bits per heavy atom. The lowest BCUT2D eigenvalue weighted by Crippen LogP contribution is -1.97. The first kappa shape index (κ1) is 15.3. The second-order valence-electron chi connectivity index (χ2n) is 4.69. The molecule has 2 rings (SSSR count). The van der Waals surface area contributed by atoms with E-state index < -0.39 is 0 Å². The third-order valence-electron chi connectivity index (χ3n) is 3.16. The van der Waals surface area contributed by atoms with E-state index in [0.717, 1.165) is 28.5 Å². The highest BCUT2D eigenvalue weighted by atomic mass is 32.2. The highest BCUT2D eigenvalue weighted by Crippen LogP contribution is 2.23. The van der Waals surface area contributed by atoms with E-state index in [1.165, 1.54) is 5.56 Å². The van der Waals surface area contributed by atoms with E-state index >= 15 is 0 Å². The van der Waals surface area contributed by atoms with Gasteiger partial charge in [-0.3, -0.25) is 0 Å². The van der Waals surface area contributed by atoms with E-state index in [1.807, 2.05) is 31.2 Å². The van der Waals surface area contributed by atoms with Crippen LogP contribution in [0.4, 0.5) is 0 Å². The van der Waals surface area contributed by atoms with Gasteiger partial charge in [0.2, 0.25) is 0 Å². The first-order chi connectivity index (χ1) is 10.2. The van der Waals surface area contributed by atoms with E-state index in [1.54, 1.807) is 11.8 Å². The van der Waals surface area contributed by atoms with Crippen LogP contribution in [0.25, 0.3) is 6.08 Å². The molecule has 0 aliphatic rings.